The van der Waals surface area contributed by atoms with Crippen molar-refractivity contribution >= 4 is 22.7 Å². The largest absolute Gasteiger partial charge is 0.416 e. The molecule has 0 aliphatic carbocycles. The van der Waals surface area contributed by atoms with Crippen molar-refractivity contribution in [3.8, 4) is 11.3 Å². The van der Waals surface area contributed by atoms with Gasteiger partial charge in [-0.15, -0.1) is 11.3 Å². The lowest BCUT2D eigenvalue weighted by Gasteiger charge is -2.05. The summed E-state index contributed by atoms with van der Waals surface area (Å²) < 4.78 is 37.6. The number of hydrazone groups is 1. The molecular formula is C19H16F3N3S. The molecule has 0 saturated carbocycles. The number of rotatable bonds is 4. The van der Waals surface area contributed by atoms with Crippen LogP contribution in [0.2, 0.25) is 0 Å². The summed E-state index contributed by atoms with van der Waals surface area (Å²) in [5, 5.41) is 6.59. The van der Waals surface area contributed by atoms with Crippen molar-refractivity contribution in [2.24, 2.45) is 5.10 Å². The van der Waals surface area contributed by atoms with Crippen molar-refractivity contribution in [3.63, 3.8) is 0 Å². The summed E-state index contributed by atoms with van der Waals surface area (Å²) in [6, 6.07) is 11.0. The Balaban J connectivity index is 1.67. The molecule has 1 heterocycles. The molecule has 0 spiro atoms. The second kappa shape index (κ2) is 7.29. The predicted octanol–water partition coefficient (Wildman–Crippen LogP) is 5.89. The van der Waals surface area contributed by atoms with E-state index >= 15 is 0 Å². The number of aromatic nitrogens is 1. The molecule has 0 saturated heterocycles. The summed E-state index contributed by atoms with van der Waals surface area (Å²) in [5.74, 6) is 0. The second-order valence-electron chi connectivity index (χ2n) is 5.85. The van der Waals surface area contributed by atoms with Crippen LogP contribution >= 0.6 is 11.3 Å². The molecule has 1 N–H and O–H groups in total. The van der Waals surface area contributed by atoms with E-state index in [0.717, 1.165) is 29.0 Å². The molecule has 134 valence electrons. The van der Waals surface area contributed by atoms with Crippen molar-refractivity contribution in [1.82, 2.24) is 4.98 Å². The molecule has 0 aliphatic heterocycles. The first-order valence-corrected chi connectivity index (χ1v) is 8.70. The minimum absolute atomic E-state index is 0.566. The summed E-state index contributed by atoms with van der Waals surface area (Å²) in [5.41, 5.74) is 6.97. The van der Waals surface area contributed by atoms with Gasteiger partial charge in [0.15, 0.2) is 0 Å². The van der Waals surface area contributed by atoms with Crippen LogP contribution in [0, 0.1) is 13.8 Å². The standard InChI is InChI=1S/C19H16F3N3S/c1-12-3-8-16(13(2)9-12)17-11-26-18(24-17)25-23-10-14-4-6-15(7-5-14)19(20,21)22/h3-11H,1-2H3,(H,24,25)/b23-10-. The van der Waals surface area contributed by atoms with Crippen LogP contribution in [-0.2, 0) is 6.18 Å². The Hall–Kier alpha value is -2.67. The molecule has 3 nitrogen and oxygen atoms in total. The van der Waals surface area contributed by atoms with E-state index in [0.29, 0.717) is 10.7 Å². The van der Waals surface area contributed by atoms with Gasteiger partial charge in [0.25, 0.3) is 0 Å². The van der Waals surface area contributed by atoms with Crippen LogP contribution < -0.4 is 5.43 Å². The SMILES string of the molecule is Cc1ccc(-c2csc(N/N=C\c3ccc(C(F)(F)F)cc3)n2)c(C)c1. The molecule has 0 radical (unpaired) electrons. The summed E-state index contributed by atoms with van der Waals surface area (Å²) in [6.07, 6.45) is -2.88. The van der Waals surface area contributed by atoms with Gasteiger partial charge in [0.2, 0.25) is 5.13 Å². The molecular weight excluding hydrogens is 359 g/mol. The highest BCUT2D eigenvalue weighted by atomic mass is 32.1. The average molecular weight is 375 g/mol. The van der Waals surface area contributed by atoms with E-state index in [1.165, 1.54) is 35.2 Å². The Bertz CT molecular complexity index is 928. The van der Waals surface area contributed by atoms with E-state index < -0.39 is 11.7 Å². The highest BCUT2D eigenvalue weighted by Crippen LogP contribution is 2.29. The molecule has 0 amide bonds. The number of nitrogens with one attached hydrogen (secondary N) is 1. The van der Waals surface area contributed by atoms with Gasteiger partial charge in [0.05, 0.1) is 17.5 Å². The van der Waals surface area contributed by atoms with Crippen LogP contribution in [0.15, 0.2) is 52.9 Å². The van der Waals surface area contributed by atoms with Gasteiger partial charge < -0.3 is 0 Å². The summed E-state index contributed by atoms with van der Waals surface area (Å²) in [6.45, 7) is 4.08. The zero-order valence-corrected chi connectivity index (χ0v) is 14.9. The van der Waals surface area contributed by atoms with Crippen LogP contribution in [-0.4, -0.2) is 11.2 Å². The minimum Gasteiger partial charge on any atom is -0.253 e. The maximum atomic E-state index is 12.5. The van der Waals surface area contributed by atoms with E-state index in [9.17, 15) is 13.2 Å². The molecule has 0 aliphatic rings. The van der Waals surface area contributed by atoms with Gasteiger partial charge in [0, 0.05) is 10.9 Å². The second-order valence-corrected chi connectivity index (χ2v) is 6.70. The Morgan fingerprint density at radius 1 is 1.08 bits per heavy atom. The number of benzene rings is 2. The summed E-state index contributed by atoms with van der Waals surface area (Å²) in [7, 11) is 0. The maximum Gasteiger partial charge on any atom is 0.416 e. The van der Waals surface area contributed by atoms with E-state index in [2.05, 4.69) is 21.6 Å². The van der Waals surface area contributed by atoms with E-state index in [1.807, 2.05) is 31.4 Å². The first-order chi connectivity index (χ1) is 12.3. The first-order valence-electron chi connectivity index (χ1n) is 7.82. The molecule has 2 aromatic carbocycles. The normalized spacial score (nSPS) is 11.9. The third-order valence-electron chi connectivity index (χ3n) is 3.77. The molecule has 0 fully saturated rings. The molecule has 1 aromatic heterocycles. The third kappa shape index (κ3) is 4.29. The Morgan fingerprint density at radius 2 is 1.81 bits per heavy atom. The minimum atomic E-state index is -4.33. The molecule has 7 heteroatoms. The smallest absolute Gasteiger partial charge is 0.253 e. The van der Waals surface area contributed by atoms with Gasteiger partial charge in [-0.1, -0.05) is 35.9 Å². The van der Waals surface area contributed by atoms with Crippen LogP contribution in [0.3, 0.4) is 0 Å². The highest BCUT2D eigenvalue weighted by Gasteiger charge is 2.29. The lowest BCUT2D eigenvalue weighted by molar-refractivity contribution is -0.137. The van der Waals surface area contributed by atoms with E-state index in [1.54, 1.807) is 0 Å². The number of anilines is 1. The van der Waals surface area contributed by atoms with Crippen LogP contribution in [0.5, 0.6) is 0 Å². The Kier molecular flexibility index (Phi) is 5.08. The number of aryl methyl sites for hydroxylation is 2. The number of nitrogens with zero attached hydrogens (tertiary/aromatic N) is 2. The molecule has 3 rings (SSSR count). The van der Waals surface area contributed by atoms with Gasteiger partial charge in [-0.05, 0) is 37.1 Å². The fraction of sp³-hybridized carbons (Fsp3) is 0.158. The quantitative estimate of drug-likeness (QED) is 0.456. The third-order valence-corrected chi connectivity index (χ3v) is 4.52. The monoisotopic (exact) mass is 375 g/mol. The topological polar surface area (TPSA) is 37.3 Å². The fourth-order valence-electron chi connectivity index (χ4n) is 2.47. The lowest BCUT2D eigenvalue weighted by atomic mass is 10.0. The molecule has 26 heavy (non-hydrogen) atoms. The van der Waals surface area contributed by atoms with Crippen LogP contribution in [0.25, 0.3) is 11.3 Å². The predicted molar refractivity (Wildman–Crippen MR) is 99.7 cm³/mol. The van der Waals surface area contributed by atoms with Gasteiger partial charge in [-0.3, -0.25) is 5.43 Å². The molecule has 0 unspecified atom stereocenters. The highest BCUT2D eigenvalue weighted by molar-refractivity contribution is 7.14. The zero-order valence-electron chi connectivity index (χ0n) is 14.1. The molecule has 0 atom stereocenters. The molecule has 0 bridgehead atoms. The van der Waals surface area contributed by atoms with Crippen LogP contribution in [0.4, 0.5) is 18.3 Å². The molecule has 3 aromatic rings. The van der Waals surface area contributed by atoms with E-state index in [-0.39, 0.29) is 0 Å². The van der Waals surface area contributed by atoms with Crippen molar-refractivity contribution in [1.29, 1.82) is 0 Å². The number of halogens is 3. The van der Waals surface area contributed by atoms with Gasteiger partial charge in [0.1, 0.15) is 0 Å². The van der Waals surface area contributed by atoms with Gasteiger partial charge in [-0.2, -0.15) is 18.3 Å². The number of hydrogen-bond acceptors (Lipinski definition) is 4. The van der Waals surface area contributed by atoms with E-state index in [4.69, 9.17) is 0 Å². The van der Waals surface area contributed by atoms with Crippen molar-refractivity contribution in [2.45, 2.75) is 20.0 Å². The fourth-order valence-corrected chi connectivity index (χ4v) is 3.13. The van der Waals surface area contributed by atoms with Gasteiger partial charge >= 0.3 is 6.18 Å². The average Bonchev–Trinajstić information content (AvgIpc) is 3.03. The van der Waals surface area contributed by atoms with Crippen molar-refractivity contribution in [2.75, 3.05) is 5.43 Å². The Morgan fingerprint density at radius 3 is 2.46 bits per heavy atom. The maximum absolute atomic E-state index is 12.5. The summed E-state index contributed by atoms with van der Waals surface area (Å²) in [4.78, 5) is 4.49. The number of thiazole rings is 1. The van der Waals surface area contributed by atoms with Crippen molar-refractivity contribution in [3.05, 3.63) is 70.1 Å². The number of alkyl halides is 3. The van der Waals surface area contributed by atoms with Crippen molar-refractivity contribution < 1.29 is 13.2 Å². The number of hydrogen-bond donors (Lipinski definition) is 1. The first kappa shape index (κ1) is 18.1. The van der Waals surface area contributed by atoms with Gasteiger partial charge in [-0.25, -0.2) is 4.98 Å². The zero-order chi connectivity index (χ0) is 18.7. The Labute approximate surface area is 153 Å². The lowest BCUT2D eigenvalue weighted by Crippen LogP contribution is -2.04. The summed E-state index contributed by atoms with van der Waals surface area (Å²) >= 11 is 1.41. The van der Waals surface area contributed by atoms with Crippen LogP contribution in [0.1, 0.15) is 22.3 Å².